The van der Waals surface area contributed by atoms with Crippen molar-refractivity contribution in [2.75, 3.05) is 12.4 Å². The molecule has 3 aliphatic rings. The quantitative estimate of drug-likeness (QED) is 0.270. The van der Waals surface area contributed by atoms with Crippen molar-refractivity contribution in [3.8, 4) is 11.3 Å². The summed E-state index contributed by atoms with van der Waals surface area (Å²) < 4.78 is 8.12. The molecule has 2 fully saturated rings. The van der Waals surface area contributed by atoms with Gasteiger partial charge in [-0.05, 0) is 57.9 Å². The molecule has 33 heavy (non-hydrogen) atoms. The lowest BCUT2D eigenvalue weighted by Crippen LogP contribution is -2.44. The first-order valence-electron chi connectivity index (χ1n) is 13.0. The van der Waals surface area contributed by atoms with Gasteiger partial charge < -0.3 is 4.74 Å². The second-order valence-electron chi connectivity index (χ2n) is 10.9. The summed E-state index contributed by atoms with van der Waals surface area (Å²) in [5.41, 5.74) is 4.52. The van der Waals surface area contributed by atoms with Gasteiger partial charge in [-0.15, -0.1) is 0 Å². The second kappa shape index (κ2) is 9.22. The van der Waals surface area contributed by atoms with Crippen LogP contribution in [0.25, 0.3) is 11.3 Å². The molecule has 4 nitrogen and oxygen atoms in total. The zero-order valence-corrected chi connectivity index (χ0v) is 21.3. The summed E-state index contributed by atoms with van der Waals surface area (Å²) >= 11 is 1.78. The van der Waals surface area contributed by atoms with E-state index in [0.29, 0.717) is 6.61 Å². The van der Waals surface area contributed by atoms with E-state index in [-0.39, 0.29) is 22.6 Å². The molecule has 0 N–H and O–H groups in total. The molecule has 1 saturated carbocycles. The minimum absolute atomic E-state index is 0.0401. The lowest BCUT2D eigenvalue weighted by molar-refractivity contribution is -0.0710. The molecule has 1 atom stereocenters. The van der Waals surface area contributed by atoms with E-state index < -0.39 is 0 Å². The summed E-state index contributed by atoms with van der Waals surface area (Å²) in [6.45, 7) is 7.24. The van der Waals surface area contributed by atoms with E-state index in [9.17, 15) is 4.79 Å². The molecule has 2 aliphatic carbocycles. The van der Waals surface area contributed by atoms with Crippen molar-refractivity contribution < 1.29 is 4.74 Å². The smallest absolute Gasteiger partial charge is 0.258 e. The van der Waals surface area contributed by atoms with Crippen molar-refractivity contribution in [3.05, 3.63) is 45.7 Å². The van der Waals surface area contributed by atoms with Crippen LogP contribution in [0.3, 0.4) is 0 Å². The molecule has 5 rings (SSSR count). The van der Waals surface area contributed by atoms with Crippen LogP contribution in [0.5, 0.6) is 0 Å². The highest BCUT2D eigenvalue weighted by atomic mass is 32.2. The fourth-order valence-electron chi connectivity index (χ4n) is 6.38. The highest BCUT2D eigenvalue weighted by Crippen LogP contribution is 2.50. The fraction of sp³-hybridized carbons (Fsp3) is 0.643. The van der Waals surface area contributed by atoms with Crippen LogP contribution in [0.2, 0.25) is 0 Å². The number of thioether (sulfide) groups is 1. The summed E-state index contributed by atoms with van der Waals surface area (Å²) in [5, 5.41) is 0.919. The Morgan fingerprint density at radius 2 is 1.97 bits per heavy atom. The van der Waals surface area contributed by atoms with Crippen LogP contribution in [0, 0.1) is 0 Å². The Labute approximate surface area is 202 Å². The topological polar surface area (TPSA) is 44.1 Å². The Bertz CT molecular complexity index is 1070. The van der Waals surface area contributed by atoms with E-state index in [4.69, 9.17) is 9.72 Å². The minimum atomic E-state index is -0.208. The van der Waals surface area contributed by atoms with E-state index in [1.807, 2.05) is 0 Å². The normalized spacial score (nSPS) is 22.8. The average Bonchev–Trinajstić information content (AvgIpc) is 3.24. The number of unbranched alkanes of at least 4 members (excludes halogenated alkanes) is 2. The van der Waals surface area contributed by atoms with Gasteiger partial charge in [0, 0.05) is 29.4 Å². The third-order valence-electron chi connectivity index (χ3n) is 7.99. The first-order chi connectivity index (χ1) is 15.9. The number of benzene rings is 1. The van der Waals surface area contributed by atoms with Crippen LogP contribution in [0.4, 0.5) is 0 Å². The zero-order valence-electron chi connectivity index (χ0n) is 20.5. The summed E-state index contributed by atoms with van der Waals surface area (Å²) in [5.74, 6) is 1.01. The fourth-order valence-corrected chi connectivity index (χ4v) is 7.44. The Morgan fingerprint density at radius 3 is 2.73 bits per heavy atom. The molecule has 0 amide bonds. The van der Waals surface area contributed by atoms with Gasteiger partial charge in [0.15, 0.2) is 5.16 Å². The second-order valence-corrected chi connectivity index (χ2v) is 12.0. The number of rotatable bonds is 6. The van der Waals surface area contributed by atoms with Crippen molar-refractivity contribution in [2.24, 2.45) is 0 Å². The molecular weight excluding hydrogens is 428 g/mol. The number of fused-ring (bicyclic) bond motifs is 4. The van der Waals surface area contributed by atoms with E-state index in [1.165, 1.54) is 36.8 Å². The molecule has 2 heterocycles. The maximum Gasteiger partial charge on any atom is 0.258 e. The molecule has 0 unspecified atom stereocenters. The van der Waals surface area contributed by atoms with Gasteiger partial charge in [0.25, 0.3) is 5.56 Å². The molecule has 1 aromatic carbocycles. The number of hydrogen-bond donors (Lipinski definition) is 0. The summed E-state index contributed by atoms with van der Waals surface area (Å²) in [6, 6.07) is 8.81. The van der Waals surface area contributed by atoms with Crippen LogP contribution in [0.15, 0.2) is 34.2 Å². The molecule has 178 valence electrons. The van der Waals surface area contributed by atoms with Gasteiger partial charge in [-0.3, -0.25) is 9.36 Å². The van der Waals surface area contributed by atoms with Crippen LogP contribution in [-0.4, -0.2) is 27.5 Å². The molecule has 2 aromatic rings. The van der Waals surface area contributed by atoms with E-state index in [0.717, 1.165) is 60.7 Å². The lowest BCUT2D eigenvalue weighted by atomic mass is 9.68. The number of ether oxygens (including phenoxy) is 1. The molecule has 1 aliphatic heterocycles. The molecule has 1 aromatic heterocycles. The van der Waals surface area contributed by atoms with Gasteiger partial charge in [0.1, 0.15) is 0 Å². The monoisotopic (exact) mass is 466 g/mol. The predicted molar refractivity (Wildman–Crippen MR) is 136 cm³/mol. The van der Waals surface area contributed by atoms with Crippen LogP contribution >= 0.6 is 11.8 Å². The van der Waals surface area contributed by atoms with Gasteiger partial charge in [0.2, 0.25) is 0 Å². The standard InChI is InChI=1S/C28H38N2O2S/c1-4-5-10-17-33-26-29-24-22-12-7-6-11-20(22)18-28(14-8-9-15-28)23(24)25(31)30(26)21-13-16-32-27(2,3)19-21/h6-7,11-12,21H,4-5,8-10,13-19H2,1-3H3/t21-/m0/s1. The molecule has 1 saturated heterocycles. The van der Waals surface area contributed by atoms with Crippen molar-refractivity contribution in [1.82, 2.24) is 9.55 Å². The lowest BCUT2D eigenvalue weighted by Gasteiger charge is -2.40. The van der Waals surface area contributed by atoms with E-state index in [1.54, 1.807) is 11.8 Å². The number of hydrogen-bond acceptors (Lipinski definition) is 4. The highest BCUT2D eigenvalue weighted by Gasteiger charge is 2.45. The molecule has 1 spiro atoms. The highest BCUT2D eigenvalue weighted by molar-refractivity contribution is 7.99. The number of aromatic nitrogens is 2. The molecule has 0 bridgehead atoms. The van der Waals surface area contributed by atoms with Gasteiger partial charge in [-0.25, -0.2) is 4.98 Å². The molecule has 0 radical (unpaired) electrons. The van der Waals surface area contributed by atoms with Gasteiger partial charge in [0.05, 0.1) is 16.9 Å². The van der Waals surface area contributed by atoms with Crippen LogP contribution in [0.1, 0.15) is 95.7 Å². The summed E-state index contributed by atoms with van der Waals surface area (Å²) in [6.07, 6.45) is 10.9. The Hall–Kier alpha value is -1.59. The molecule has 5 heteroatoms. The average molecular weight is 467 g/mol. The van der Waals surface area contributed by atoms with Crippen LogP contribution < -0.4 is 5.56 Å². The third-order valence-corrected chi connectivity index (χ3v) is 9.03. The van der Waals surface area contributed by atoms with Gasteiger partial charge >= 0.3 is 0 Å². The first-order valence-corrected chi connectivity index (χ1v) is 13.9. The van der Waals surface area contributed by atoms with Crippen molar-refractivity contribution >= 4 is 11.8 Å². The largest absolute Gasteiger partial charge is 0.375 e. The SMILES string of the molecule is CCCCCSc1nc2c(c(=O)n1[C@H]1CCOC(C)(C)C1)C1(CCCC1)Cc1ccccc1-2. The van der Waals surface area contributed by atoms with Gasteiger partial charge in [-0.2, -0.15) is 0 Å². The third kappa shape index (κ3) is 4.32. The van der Waals surface area contributed by atoms with E-state index >= 15 is 0 Å². The molecular formula is C28H38N2O2S. The van der Waals surface area contributed by atoms with Gasteiger partial charge in [-0.1, -0.05) is 68.6 Å². The zero-order chi connectivity index (χ0) is 23.1. The summed E-state index contributed by atoms with van der Waals surface area (Å²) in [4.78, 5) is 19.8. The Kier molecular flexibility index (Phi) is 6.47. The van der Waals surface area contributed by atoms with Crippen molar-refractivity contribution in [3.63, 3.8) is 0 Å². The van der Waals surface area contributed by atoms with Crippen molar-refractivity contribution in [2.45, 2.75) is 107 Å². The van der Waals surface area contributed by atoms with E-state index in [2.05, 4.69) is 49.6 Å². The first kappa shape index (κ1) is 23.2. The maximum absolute atomic E-state index is 14.5. The van der Waals surface area contributed by atoms with Crippen LogP contribution in [-0.2, 0) is 16.6 Å². The van der Waals surface area contributed by atoms with Crippen molar-refractivity contribution in [1.29, 1.82) is 0 Å². The maximum atomic E-state index is 14.5. The number of nitrogens with zero attached hydrogens (tertiary/aromatic N) is 2. The Morgan fingerprint density at radius 1 is 1.18 bits per heavy atom. The summed E-state index contributed by atoms with van der Waals surface area (Å²) in [7, 11) is 0. The predicted octanol–water partition coefficient (Wildman–Crippen LogP) is 6.69. The Balaban J connectivity index is 1.68. The minimum Gasteiger partial charge on any atom is -0.375 e.